The van der Waals surface area contributed by atoms with Crippen LogP contribution in [0.1, 0.15) is 11.1 Å². The number of anilines is 1. The number of hydrogen-bond donors (Lipinski definition) is 1. The second-order valence-corrected chi connectivity index (χ2v) is 7.08. The van der Waals surface area contributed by atoms with Gasteiger partial charge in [0.2, 0.25) is 11.8 Å². The third kappa shape index (κ3) is 4.29. The monoisotopic (exact) mass is 430 g/mol. The van der Waals surface area contributed by atoms with E-state index in [9.17, 15) is 4.79 Å². The third-order valence-corrected chi connectivity index (χ3v) is 4.91. The number of carbonyl (C=O) groups excluding carboxylic acids is 1. The van der Waals surface area contributed by atoms with Gasteiger partial charge in [-0.25, -0.2) is 9.97 Å². The Kier molecular flexibility index (Phi) is 6.12. The number of aryl methyl sites for hydroxylation is 1. The van der Waals surface area contributed by atoms with Crippen molar-refractivity contribution in [1.82, 2.24) is 15.1 Å². The lowest BCUT2D eigenvalue weighted by molar-refractivity contribution is -0.115. The molecule has 2 aromatic carbocycles. The predicted octanol–water partition coefficient (Wildman–Crippen LogP) is 4.31. The number of ether oxygens (including phenoxy) is 2. The molecule has 0 aliphatic carbocycles. The average Bonchev–Trinajstić information content (AvgIpc) is 3.22. The number of hydrogen-bond acceptors (Lipinski definition) is 7. The van der Waals surface area contributed by atoms with Crippen LogP contribution in [0, 0.1) is 6.92 Å². The normalized spacial score (nSPS) is 10.6. The molecule has 0 radical (unpaired) electrons. The third-order valence-electron chi connectivity index (χ3n) is 4.91. The predicted molar refractivity (Wildman–Crippen MR) is 120 cm³/mol. The highest BCUT2D eigenvalue weighted by Crippen LogP contribution is 2.37. The molecule has 4 rings (SSSR count). The summed E-state index contributed by atoms with van der Waals surface area (Å²) in [7, 11) is 3.09. The number of aromatic nitrogens is 3. The van der Waals surface area contributed by atoms with Crippen molar-refractivity contribution in [2.75, 3.05) is 19.5 Å². The number of methoxy groups -OCH3 is 2. The highest BCUT2D eigenvalue weighted by atomic mass is 16.5. The highest BCUT2D eigenvalue weighted by Gasteiger charge is 2.23. The molecule has 1 amide bonds. The molecule has 0 aliphatic rings. The fourth-order valence-corrected chi connectivity index (χ4v) is 3.48. The maximum Gasteiger partial charge on any atom is 0.241 e. The van der Waals surface area contributed by atoms with Gasteiger partial charge in [-0.2, -0.15) is 0 Å². The van der Waals surface area contributed by atoms with E-state index in [4.69, 9.17) is 14.0 Å². The molecule has 0 atom stereocenters. The van der Waals surface area contributed by atoms with Gasteiger partial charge in [-0.1, -0.05) is 41.1 Å². The van der Waals surface area contributed by atoms with Gasteiger partial charge in [-0.15, -0.1) is 0 Å². The number of nitrogens with one attached hydrogen (secondary N) is 1. The van der Waals surface area contributed by atoms with E-state index in [2.05, 4.69) is 20.4 Å². The van der Waals surface area contributed by atoms with Gasteiger partial charge in [0.15, 0.2) is 11.5 Å². The van der Waals surface area contributed by atoms with Crippen LogP contribution in [-0.2, 0) is 11.2 Å². The summed E-state index contributed by atoms with van der Waals surface area (Å²) in [5.41, 5.74) is 4.39. The molecule has 162 valence electrons. The van der Waals surface area contributed by atoms with Crippen molar-refractivity contribution in [1.29, 1.82) is 0 Å². The number of benzene rings is 2. The zero-order valence-corrected chi connectivity index (χ0v) is 18.0. The molecule has 8 nitrogen and oxygen atoms in total. The van der Waals surface area contributed by atoms with Gasteiger partial charge in [0.25, 0.3) is 0 Å². The molecule has 0 spiro atoms. The first-order valence-electron chi connectivity index (χ1n) is 9.93. The van der Waals surface area contributed by atoms with Crippen LogP contribution in [-0.4, -0.2) is 35.3 Å². The minimum Gasteiger partial charge on any atom is -0.493 e. The molecule has 0 aliphatic heterocycles. The van der Waals surface area contributed by atoms with E-state index in [1.54, 1.807) is 31.5 Å². The van der Waals surface area contributed by atoms with Crippen molar-refractivity contribution >= 4 is 11.8 Å². The Hall–Kier alpha value is -4.20. The van der Waals surface area contributed by atoms with Crippen LogP contribution in [0.3, 0.4) is 0 Å². The molecule has 32 heavy (non-hydrogen) atoms. The fraction of sp³-hybridized carbons (Fsp3) is 0.167. The van der Waals surface area contributed by atoms with E-state index >= 15 is 0 Å². The smallest absolute Gasteiger partial charge is 0.241 e. The zero-order chi connectivity index (χ0) is 22.5. The van der Waals surface area contributed by atoms with Gasteiger partial charge in [-0.3, -0.25) is 10.1 Å². The summed E-state index contributed by atoms with van der Waals surface area (Å²) in [6.07, 6.45) is 3.13. The summed E-state index contributed by atoms with van der Waals surface area (Å²) in [5.74, 6) is 0.992. The number of rotatable bonds is 7. The van der Waals surface area contributed by atoms with E-state index in [0.717, 1.165) is 11.1 Å². The highest BCUT2D eigenvalue weighted by molar-refractivity contribution is 5.97. The van der Waals surface area contributed by atoms with Crippen LogP contribution in [0.4, 0.5) is 5.88 Å². The summed E-state index contributed by atoms with van der Waals surface area (Å²) < 4.78 is 16.3. The largest absolute Gasteiger partial charge is 0.493 e. The van der Waals surface area contributed by atoms with E-state index in [0.29, 0.717) is 34.0 Å². The molecule has 0 fully saturated rings. The van der Waals surface area contributed by atoms with Crippen LogP contribution in [0.2, 0.25) is 0 Å². The van der Waals surface area contributed by atoms with Gasteiger partial charge >= 0.3 is 0 Å². The van der Waals surface area contributed by atoms with Crippen molar-refractivity contribution in [3.63, 3.8) is 0 Å². The fourth-order valence-electron chi connectivity index (χ4n) is 3.48. The van der Waals surface area contributed by atoms with E-state index in [1.165, 1.54) is 13.4 Å². The molecule has 2 heterocycles. The Morgan fingerprint density at radius 3 is 2.66 bits per heavy atom. The van der Waals surface area contributed by atoms with Crippen molar-refractivity contribution in [2.24, 2.45) is 0 Å². The summed E-state index contributed by atoms with van der Waals surface area (Å²) in [6, 6.07) is 15.0. The quantitative estimate of drug-likeness (QED) is 0.466. The zero-order valence-electron chi connectivity index (χ0n) is 18.0. The first kappa shape index (κ1) is 21.0. The topological polar surface area (TPSA) is 99.4 Å². The van der Waals surface area contributed by atoms with Gasteiger partial charge in [0.05, 0.1) is 31.9 Å². The molecule has 4 aromatic rings. The Balaban J connectivity index is 1.68. The minimum atomic E-state index is -0.293. The van der Waals surface area contributed by atoms with E-state index in [-0.39, 0.29) is 18.2 Å². The Morgan fingerprint density at radius 2 is 1.94 bits per heavy atom. The van der Waals surface area contributed by atoms with Crippen LogP contribution in [0.25, 0.3) is 22.5 Å². The molecule has 1 N–H and O–H groups in total. The Morgan fingerprint density at radius 1 is 1.09 bits per heavy atom. The molecule has 0 saturated heterocycles. The lowest BCUT2D eigenvalue weighted by Crippen LogP contribution is -2.15. The number of amides is 1. The summed E-state index contributed by atoms with van der Waals surface area (Å²) >= 11 is 0. The molecule has 0 unspecified atom stereocenters. The van der Waals surface area contributed by atoms with Crippen LogP contribution in [0.5, 0.6) is 11.5 Å². The van der Waals surface area contributed by atoms with Crippen molar-refractivity contribution in [2.45, 2.75) is 13.3 Å². The lowest BCUT2D eigenvalue weighted by Gasteiger charge is -2.12. The van der Waals surface area contributed by atoms with Gasteiger partial charge in [-0.05, 0) is 25.1 Å². The first-order chi connectivity index (χ1) is 15.6. The van der Waals surface area contributed by atoms with Gasteiger partial charge < -0.3 is 14.0 Å². The summed E-state index contributed by atoms with van der Waals surface area (Å²) in [5, 5.41) is 7.06. The molecular formula is C24H22N4O4. The molecule has 0 bridgehead atoms. The second-order valence-electron chi connectivity index (χ2n) is 7.08. The lowest BCUT2D eigenvalue weighted by atomic mass is 10.0. The second kappa shape index (κ2) is 9.30. The number of para-hydroxylation sites is 1. The SMILES string of the molecule is COc1cccc(CC(=O)Nc2onc(-c3cccc(C)c3)c2-c2ccncn2)c1OC. The molecule has 0 saturated carbocycles. The standard InChI is InChI=1S/C24H22N4O4/c1-15-6-4-7-16(12-15)22-21(18-10-11-25-14-26-18)24(32-28-22)27-20(29)13-17-8-5-9-19(30-2)23(17)31-3/h4-12,14H,13H2,1-3H3,(H,27,29). The summed E-state index contributed by atoms with van der Waals surface area (Å²) in [6.45, 7) is 2.00. The van der Waals surface area contributed by atoms with Crippen LogP contribution >= 0.6 is 0 Å². The maximum absolute atomic E-state index is 12.9. The molecular weight excluding hydrogens is 408 g/mol. The number of nitrogens with zero attached hydrogens (tertiary/aromatic N) is 3. The van der Waals surface area contributed by atoms with E-state index in [1.807, 2.05) is 37.3 Å². The Labute approximate surface area is 185 Å². The van der Waals surface area contributed by atoms with Crippen molar-refractivity contribution in [3.8, 4) is 34.0 Å². The summed E-state index contributed by atoms with van der Waals surface area (Å²) in [4.78, 5) is 21.2. The average molecular weight is 430 g/mol. The molecule has 2 aromatic heterocycles. The van der Waals surface area contributed by atoms with Crippen LogP contribution < -0.4 is 14.8 Å². The molecule has 8 heteroatoms. The Bertz CT molecular complexity index is 1240. The van der Waals surface area contributed by atoms with Gasteiger partial charge in [0, 0.05) is 17.3 Å². The minimum absolute atomic E-state index is 0.0596. The number of carbonyl (C=O) groups is 1. The van der Waals surface area contributed by atoms with Crippen molar-refractivity contribution < 1.29 is 18.8 Å². The maximum atomic E-state index is 12.9. The van der Waals surface area contributed by atoms with Crippen molar-refractivity contribution in [3.05, 3.63) is 72.2 Å². The first-order valence-corrected chi connectivity index (χ1v) is 9.93. The van der Waals surface area contributed by atoms with Crippen LogP contribution in [0.15, 0.2) is 65.6 Å². The van der Waals surface area contributed by atoms with E-state index < -0.39 is 0 Å². The van der Waals surface area contributed by atoms with Gasteiger partial charge in [0.1, 0.15) is 12.0 Å².